The van der Waals surface area contributed by atoms with E-state index in [4.69, 9.17) is 10.1 Å². The van der Waals surface area contributed by atoms with Crippen molar-refractivity contribution in [3.8, 4) is 21.7 Å². The average molecular weight is 457 g/mol. The zero-order valence-corrected chi connectivity index (χ0v) is 18.1. The SMILES string of the molecule is NS(=O)(=O)c1ccc(-c2sc(SCc3ccccc3)nc2-c2ccc(F)cc2)cc1. The Morgan fingerprint density at radius 1 is 0.900 bits per heavy atom. The average Bonchev–Trinajstić information content (AvgIpc) is 3.17. The standard InChI is InChI=1S/C22H17FN2O2S3/c23-18-10-6-16(7-11-18)20-21(17-8-12-19(13-9-17)30(24,26)27)29-22(25-20)28-14-15-4-2-1-3-5-15/h1-13H,14H2,(H2,24,26,27). The molecule has 2 N–H and O–H groups in total. The quantitative estimate of drug-likeness (QED) is 0.386. The second-order valence-corrected chi connectivity index (χ2v) is 10.3. The summed E-state index contributed by atoms with van der Waals surface area (Å²) in [5, 5.41) is 5.20. The van der Waals surface area contributed by atoms with Crippen molar-refractivity contribution >= 4 is 33.1 Å². The van der Waals surface area contributed by atoms with E-state index in [1.807, 2.05) is 18.2 Å². The molecule has 0 aliphatic heterocycles. The third-order valence-corrected chi connectivity index (χ3v) is 7.62. The Hall–Kier alpha value is -2.52. The van der Waals surface area contributed by atoms with E-state index in [2.05, 4.69) is 12.1 Å². The fourth-order valence-corrected chi connectivity index (χ4v) is 5.52. The van der Waals surface area contributed by atoms with Gasteiger partial charge in [0.05, 0.1) is 15.5 Å². The molecule has 0 radical (unpaired) electrons. The molecule has 3 aromatic carbocycles. The Labute approximate surface area is 182 Å². The number of rotatable bonds is 6. The number of primary sulfonamides is 1. The molecule has 4 aromatic rings. The van der Waals surface area contributed by atoms with Gasteiger partial charge in [-0.05, 0) is 47.5 Å². The van der Waals surface area contributed by atoms with Crippen LogP contribution in [0.1, 0.15) is 5.56 Å². The monoisotopic (exact) mass is 456 g/mol. The molecule has 0 aliphatic rings. The van der Waals surface area contributed by atoms with Gasteiger partial charge in [0.2, 0.25) is 10.0 Å². The van der Waals surface area contributed by atoms with Crippen LogP contribution in [-0.2, 0) is 15.8 Å². The van der Waals surface area contributed by atoms with Gasteiger partial charge in [-0.3, -0.25) is 0 Å². The van der Waals surface area contributed by atoms with Gasteiger partial charge in [0.15, 0.2) is 4.34 Å². The highest BCUT2D eigenvalue weighted by Gasteiger charge is 2.17. The van der Waals surface area contributed by atoms with E-state index < -0.39 is 10.0 Å². The molecule has 0 spiro atoms. The zero-order valence-electron chi connectivity index (χ0n) is 15.7. The van der Waals surface area contributed by atoms with E-state index >= 15 is 0 Å². The van der Waals surface area contributed by atoms with Crippen molar-refractivity contribution in [2.75, 3.05) is 0 Å². The van der Waals surface area contributed by atoms with Crippen LogP contribution in [0.4, 0.5) is 4.39 Å². The van der Waals surface area contributed by atoms with E-state index in [1.165, 1.54) is 41.2 Å². The molecule has 0 unspecified atom stereocenters. The number of thioether (sulfide) groups is 1. The number of benzene rings is 3. The van der Waals surface area contributed by atoms with Crippen molar-refractivity contribution in [1.82, 2.24) is 4.98 Å². The summed E-state index contributed by atoms with van der Waals surface area (Å²) in [5.74, 6) is 0.466. The largest absolute Gasteiger partial charge is 0.238 e. The van der Waals surface area contributed by atoms with Gasteiger partial charge in [0, 0.05) is 11.3 Å². The fraction of sp³-hybridized carbons (Fsp3) is 0.0455. The summed E-state index contributed by atoms with van der Waals surface area (Å²) in [6, 6.07) is 22.7. The number of nitrogens with zero attached hydrogens (tertiary/aromatic N) is 1. The topological polar surface area (TPSA) is 73.1 Å². The van der Waals surface area contributed by atoms with Crippen LogP contribution in [0, 0.1) is 5.82 Å². The van der Waals surface area contributed by atoms with Crippen LogP contribution in [0.3, 0.4) is 0 Å². The Kier molecular flexibility index (Phi) is 6.01. The van der Waals surface area contributed by atoms with Crippen LogP contribution in [-0.4, -0.2) is 13.4 Å². The predicted molar refractivity (Wildman–Crippen MR) is 120 cm³/mol. The Balaban J connectivity index is 1.71. The molecule has 0 saturated heterocycles. The first-order valence-electron chi connectivity index (χ1n) is 8.97. The lowest BCUT2D eigenvalue weighted by molar-refractivity contribution is 0.598. The van der Waals surface area contributed by atoms with Gasteiger partial charge in [-0.25, -0.2) is 22.9 Å². The number of halogens is 1. The van der Waals surface area contributed by atoms with Crippen molar-refractivity contribution in [2.45, 2.75) is 15.0 Å². The van der Waals surface area contributed by atoms with E-state index in [9.17, 15) is 12.8 Å². The second kappa shape index (κ2) is 8.69. The first kappa shape index (κ1) is 20.7. The minimum Gasteiger partial charge on any atom is -0.229 e. The molecule has 1 heterocycles. The molecule has 4 nitrogen and oxygen atoms in total. The second-order valence-electron chi connectivity index (χ2n) is 6.51. The van der Waals surface area contributed by atoms with Gasteiger partial charge in [0.1, 0.15) is 5.82 Å². The summed E-state index contributed by atoms with van der Waals surface area (Å²) in [6.45, 7) is 0. The third kappa shape index (κ3) is 4.79. The summed E-state index contributed by atoms with van der Waals surface area (Å²) < 4.78 is 37.4. The minimum absolute atomic E-state index is 0.0535. The lowest BCUT2D eigenvalue weighted by atomic mass is 10.1. The van der Waals surface area contributed by atoms with Crippen LogP contribution < -0.4 is 5.14 Å². The van der Waals surface area contributed by atoms with Gasteiger partial charge in [-0.1, -0.05) is 54.2 Å². The van der Waals surface area contributed by atoms with Crippen LogP contribution in [0.2, 0.25) is 0 Å². The maximum Gasteiger partial charge on any atom is 0.238 e. The van der Waals surface area contributed by atoms with E-state index in [0.29, 0.717) is 0 Å². The summed E-state index contributed by atoms with van der Waals surface area (Å²) in [4.78, 5) is 5.73. The highest BCUT2D eigenvalue weighted by Crippen LogP contribution is 2.41. The summed E-state index contributed by atoms with van der Waals surface area (Å²) in [7, 11) is -3.76. The molecule has 4 rings (SSSR count). The molecule has 0 bridgehead atoms. The molecule has 8 heteroatoms. The lowest BCUT2D eigenvalue weighted by Gasteiger charge is -2.04. The van der Waals surface area contributed by atoms with Crippen molar-refractivity contribution in [2.24, 2.45) is 5.14 Å². The molecular formula is C22H17FN2O2S3. The summed E-state index contributed by atoms with van der Waals surface area (Å²) in [5.41, 5.74) is 3.55. The van der Waals surface area contributed by atoms with Gasteiger partial charge in [-0.15, -0.1) is 11.3 Å². The van der Waals surface area contributed by atoms with Crippen molar-refractivity contribution in [1.29, 1.82) is 0 Å². The third-order valence-electron chi connectivity index (χ3n) is 4.38. The van der Waals surface area contributed by atoms with Gasteiger partial charge < -0.3 is 0 Å². The molecule has 0 aliphatic carbocycles. The van der Waals surface area contributed by atoms with Crippen molar-refractivity contribution in [3.63, 3.8) is 0 Å². The number of nitrogens with two attached hydrogens (primary N) is 1. The molecular weight excluding hydrogens is 439 g/mol. The Morgan fingerprint density at radius 2 is 1.53 bits per heavy atom. The lowest BCUT2D eigenvalue weighted by Crippen LogP contribution is -2.11. The zero-order chi connectivity index (χ0) is 21.1. The maximum atomic E-state index is 13.4. The van der Waals surface area contributed by atoms with Gasteiger partial charge in [-0.2, -0.15) is 0 Å². The van der Waals surface area contributed by atoms with E-state index in [1.54, 1.807) is 36.0 Å². The number of thiazole rings is 1. The Bertz CT molecular complexity index is 1250. The first-order valence-corrected chi connectivity index (χ1v) is 12.3. The summed E-state index contributed by atoms with van der Waals surface area (Å²) >= 11 is 3.15. The molecule has 0 atom stereocenters. The smallest absolute Gasteiger partial charge is 0.229 e. The van der Waals surface area contributed by atoms with Crippen molar-refractivity contribution < 1.29 is 12.8 Å². The number of hydrogen-bond acceptors (Lipinski definition) is 5. The molecule has 0 amide bonds. The van der Waals surface area contributed by atoms with E-state index in [0.717, 1.165) is 31.8 Å². The highest BCUT2D eigenvalue weighted by atomic mass is 32.2. The molecule has 30 heavy (non-hydrogen) atoms. The molecule has 0 saturated carbocycles. The van der Waals surface area contributed by atoms with Crippen molar-refractivity contribution in [3.05, 3.63) is 90.2 Å². The van der Waals surface area contributed by atoms with Gasteiger partial charge >= 0.3 is 0 Å². The normalized spacial score (nSPS) is 11.5. The fourth-order valence-electron chi connectivity index (χ4n) is 2.88. The predicted octanol–water partition coefficient (Wildman–Crippen LogP) is 5.56. The Morgan fingerprint density at radius 3 is 2.17 bits per heavy atom. The number of sulfonamides is 1. The molecule has 0 fully saturated rings. The molecule has 152 valence electrons. The molecule has 1 aromatic heterocycles. The maximum absolute atomic E-state index is 13.4. The van der Waals surface area contributed by atoms with E-state index in [-0.39, 0.29) is 10.7 Å². The minimum atomic E-state index is -3.76. The van der Waals surface area contributed by atoms with Crippen LogP contribution in [0.5, 0.6) is 0 Å². The van der Waals surface area contributed by atoms with Crippen LogP contribution in [0.25, 0.3) is 21.7 Å². The van der Waals surface area contributed by atoms with Gasteiger partial charge in [0.25, 0.3) is 0 Å². The highest BCUT2D eigenvalue weighted by molar-refractivity contribution is 8.00. The summed E-state index contributed by atoms with van der Waals surface area (Å²) in [6.07, 6.45) is 0. The number of aromatic nitrogens is 1. The van der Waals surface area contributed by atoms with Crippen LogP contribution in [0.15, 0.2) is 88.1 Å². The first-order chi connectivity index (χ1) is 14.4. The van der Waals surface area contributed by atoms with Crippen LogP contribution >= 0.6 is 23.1 Å². The number of hydrogen-bond donors (Lipinski definition) is 1.